The fourth-order valence-corrected chi connectivity index (χ4v) is 4.07. The first-order valence-corrected chi connectivity index (χ1v) is 8.27. The molecule has 0 radical (unpaired) electrons. The van der Waals surface area contributed by atoms with Gasteiger partial charge in [-0.05, 0) is 48.6 Å². The van der Waals surface area contributed by atoms with Crippen molar-refractivity contribution in [3.05, 3.63) is 53.0 Å². The quantitative estimate of drug-likeness (QED) is 0.937. The minimum absolute atomic E-state index is 0.169. The van der Waals surface area contributed by atoms with Gasteiger partial charge in [-0.2, -0.15) is 0 Å². The third-order valence-electron chi connectivity index (χ3n) is 3.72. The van der Waals surface area contributed by atoms with Crippen LogP contribution < -0.4 is 0 Å². The first-order chi connectivity index (χ1) is 9.97. The van der Waals surface area contributed by atoms with Gasteiger partial charge in [-0.25, -0.2) is 13.2 Å². The molecule has 2 aromatic rings. The molecular formula is C15H14O5S. The van der Waals surface area contributed by atoms with Crippen molar-refractivity contribution >= 4 is 15.8 Å². The molecular weight excluding hydrogens is 292 g/mol. The Kier molecular flexibility index (Phi) is 3.33. The van der Waals surface area contributed by atoms with E-state index < -0.39 is 15.8 Å². The number of furan rings is 1. The summed E-state index contributed by atoms with van der Waals surface area (Å²) in [5, 5.41) is 8.96. The van der Waals surface area contributed by atoms with Gasteiger partial charge in [0.25, 0.3) is 0 Å². The highest BCUT2D eigenvalue weighted by molar-refractivity contribution is 7.90. The highest BCUT2D eigenvalue weighted by Gasteiger charge is 2.23. The summed E-state index contributed by atoms with van der Waals surface area (Å²) >= 11 is 0. The van der Waals surface area contributed by atoms with E-state index in [0.717, 1.165) is 24.8 Å². The standard InChI is InChI=1S/C15H14O5S/c16-15(17)14-12(6-7-20-14)9-21(18,19)13-5-4-10-2-1-3-11(10)8-13/h4-8H,1-3,9H2,(H,16,17). The van der Waals surface area contributed by atoms with Gasteiger partial charge in [0.2, 0.25) is 5.76 Å². The number of hydrogen-bond donors (Lipinski definition) is 1. The maximum atomic E-state index is 12.4. The maximum Gasteiger partial charge on any atom is 0.372 e. The van der Waals surface area contributed by atoms with Crippen molar-refractivity contribution in [2.24, 2.45) is 0 Å². The Morgan fingerprint density at radius 1 is 1.19 bits per heavy atom. The van der Waals surface area contributed by atoms with Gasteiger partial charge in [0, 0.05) is 5.56 Å². The number of fused-ring (bicyclic) bond motifs is 1. The van der Waals surface area contributed by atoms with Gasteiger partial charge in [-0.3, -0.25) is 0 Å². The highest BCUT2D eigenvalue weighted by Crippen LogP contribution is 2.27. The van der Waals surface area contributed by atoms with Gasteiger partial charge >= 0.3 is 5.97 Å². The molecule has 0 unspecified atom stereocenters. The molecule has 21 heavy (non-hydrogen) atoms. The second-order valence-electron chi connectivity index (χ2n) is 5.12. The third kappa shape index (κ3) is 2.58. The number of carboxylic acid groups (broad SMARTS) is 1. The molecule has 1 N–H and O–H groups in total. The maximum absolute atomic E-state index is 12.4. The van der Waals surface area contributed by atoms with E-state index in [1.807, 2.05) is 6.07 Å². The summed E-state index contributed by atoms with van der Waals surface area (Å²) in [5.41, 5.74) is 2.44. The average Bonchev–Trinajstić information content (AvgIpc) is 3.05. The topological polar surface area (TPSA) is 84.6 Å². The molecule has 1 aromatic heterocycles. The number of carboxylic acids is 1. The van der Waals surface area contributed by atoms with Gasteiger partial charge in [0.15, 0.2) is 9.84 Å². The molecule has 0 amide bonds. The molecule has 0 fully saturated rings. The molecule has 1 aliphatic rings. The molecule has 6 heteroatoms. The van der Waals surface area contributed by atoms with Crippen LogP contribution in [0.3, 0.4) is 0 Å². The van der Waals surface area contributed by atoms with Crippen LogP contribution in [0.1, 0.15) is 33.7 Å². The zero-order valence-electron chi connectivity index (χ0n) is 11.2. The zero-order valence-corrected chi connectivity index (χ0v) is 12.0. The lowest BCUT2D eigenvalue weighted by Gasteiger charge is -2.06. The number of benzene rings is 1. The molecule has 0 saturated heterocycles. The smallest absolute Gasteiger partial charge is 0.372 e. The second-order valence-corrected chi connectivity index (χ2v) is 7.11. The predicted octanol–water partition coefficient (Wildman–Crippen LogP) is 2.44. The summed E-state index contributed by atoms with van der Waals surface area (Å²) in [4.78, 5) is 11.2. The van der Waals surface area contributed by atoms with E-state index in [2.05, 4.69) is 0 Å². The molecule has 1 aromatic carbocycles. The fraction of sp³-hybridized carbons (Fsp3) is 0.267. The van der Waals surface area contributed by atoms with E-state index in [1.165, 1.54) is 17.9 Å². The monoisotopic (exact) mass is 306 g/mol. The number of aryl methyl sites for hydroxylation is 2. The third-order valence-corrected chi connectivity index (χ3v) is 5.38. The number of aromatic carboxylic acids is 1. The Labute approximate surface area is 122 Å². The lowest BCUT2D eigenvalue weighted by molar-refractivity contribution is 0.0661. The first-order valence-electron chi connectivity index (χ1n) is 6.61. The van der Waals surface area contributed by atoms with Gasteiger partial charge in [0.1, 0.15) is 0 Å². The number of sulfone groups is 1. The minimum atomic E-state index is -3.58. The molecule has 0 saturated carbocycles. The van der Waals surface area contributed by atoms with Crippen molar-refractivity contribution in [2.75, 3.05) is 0 Å². The van der Waals surface area contributed by atoms with Gasteiger partial charge in [-0.15, -0.1) is 0 Å². The summed E-state index contributed by atoms with van der Waals surface area (Å²) in [6.45, 7) is 0. The minimum Gasteiger partial charge on any atom is -0.475 e. The molecule has 0 aliphatic heterocycles. The summed E-state index contributed by atoms with van der Waals surface area (Å²) in [6, 6.07) is 6.54. The molecule has 110 valence electrons. The fourth-order valence-electron chi connectivity index (χ4n) is 2.67. The van der Waals surface area contributed by atoms with E-state index in [-0.39, 0.29) is 22.0 Å². The summed E-state index contributed by atoms with van der Waals surface area (Å²) < 4.78 is 29.7. The van der Waals surface area contributed by atoms with E-state index in [0.29, 0.717) is 0 Å². The molecule has 1 heterocycles. The van der Waals surface area contributed by atoms with Crippen LogP contribution in [0.5, 0.6) is 0 Å². The van der Waals surface area contributed by atoms with E-state index in [4.69, 9.17) is 9.52 Å². The van der Waals surface area contributed by atoms with Crippen molar-refractivity contribution in [1.82, 2.24) is 0 Å². The van der Waals surface area contributed by atoms with Crippen molar-refractivity contribution in [3.63, 3.8) is 0 Å². The van der Waals surface area contributed by atoms with Crippen LogP contribution in [0.4, 0.5) is 0 Å². The molecule has 3 rings (SSSR count). The predicted molar refractivity (Wildman–Crippen MR) is 75.0 cm³/mol. The van der Waals surface area contributed by atoms with Gasteiger partial charge in [-0.1, -0.05) is 6.07 Å². The number of carbonyl (C=O) groups is 1. The van der Waals surface area contributed by atoms with E-state index >= 15 is 0 Å². The van der Waals surface area contributed by atoms with Crippen LogP contribution >= 0.6 is 0 Å². The Morgan fingerprint density at radius 2 is 1.95 bits per heavy atom. The highest BCUT2D eigenvalue weighted by atomic mass is 32.2. The second kappa shape index (κ2) is 5.04. The number of hydrogen-bond acceptors (Lipinski definition) is 4. The van der Waals surface area contributed by atoms with Crippen molar-refractivity contribution in [3.8, 4) is 0 Å². The van der Waals surface area contributed by atoms with E-state index in [9.17, 15) is 13.2 Å². The molecule has 0 bridgehead atoms. The Bertz CT molecular complexity index is 801. The van der Waals surface area contributed by atoms with Crippen LogP contribution in [0.25, 0.3) is 0 Å². The van der Waals surface area contributed by atoms with Crippen molar-refractivity contribution < 1.29 is 22.7 Å². The SMILES string of the molecule is O=C(O)c1occc1CS(=O)(=O)c1ccc2c(c1)CCC2. The van der Waals surface area contributed by atoms with Crippen molar-refractivity contribution in [1.29, 1.82) is 0 Å². The van der Waals surface area contributed by atoms with Crippen LogP contribution in [-0.2, 0) is 28.4 Å². The Hall–Kier alpha value is -2.08. The van der Waals surface area contributed by atoms with Gasteiger partial charge < -0.3 is 9.52 Å². The normalized spacial score (nSPS) is 14.1. The zero-order chi connectivity index (χ0) is 15.0. The molecule has 0 spiro atoms. The summed E-state index contributed by atoms with van der Waals surface area (Å²) in [7, 11) is -3.58. The lowest BCUT2D eigenvalue weighted by Crippen LogP contribution is -2.08. The number of rotatable bonds is 4. The average molecular weight is 306 g/mol. The van der Waals surface area contributed by atoms with Crippen LogP contribution in [-0.4, -0.2) is 19.5 Å². The van der Waals surface area contributed by atoms with Crippen LogP contribution in [0.15, 0.2) is 39.8 Å². The Balaban J connectivity index is 1.94. The molecule has 5 nitrogen and oxygen atoms in total. The molecule has 1 aliphatic carbocycles. The first kappa shape index (κ1) is 13.9. The van der Waals surface area contributed by atoms with Gasteiger partial charge in [0.05, 0.1) is 16.9 Å². The van der Waals surface area contributed by atoms with Crippen molar-refractivity contribution in [2.45, 2.75) is 29.9 Å². The summed E-state index contributed by atoms with van der Waals surface area (Å²) in [5.74, 6) is -1.96. The van der Waals surface area contributed by atoms with Crippen LogP contribution in [0.2, 0.25) is 0 Å². The lowest BCUT2D eigenvalue weighted by atomic mass is 10.1. The molecule has 0 atom stereocenters. The Morgan fingerprint density at radius 3 is 2.71 bits per heavy atom. The summed E-state index contributed by atoms with van der Waals surface area (Å²) in [6.07, 6.45) is 4.12. The van der Waals surface area contributed by atoms with E-state index in [1.54, 1.807) is 12.1 Å². The van der Waals surface area contributed by atoms with Crippen LogP contribution in [0, 0.1) is 0 Å². The largest absolute Gasteiger partial charge is 0.475 e.